The molecule has 6 rings (SSSR count). The molecule has 1 fully saturated rings. The second-order valence-electron chi connectivity index (χ2n) is 7.81. The van der Waals surface area contributed by atoms with Crippen LogP contribution in [0.4, 0.5) is 0 Å². The fourth-order valence-electron chi connectivity index (χ4n) is 4.46. The van der Waals surface area contributed by atoms with Gasteiger partial charge < -0.3 is 4.98 Å². The average Bonchev–Trinajstić information content (AvgIpc) is 3.41. The monoisotopic (exact) mass is 384 g/mol. The van der Waals surface area contributed by atoms with Crippen molar-refractivity contribution in [3.8, 4) is 5.69 Å². The molecule has 1 aliphatic carbocycles. The van der Waals surface area contributed by atoms with Gasteiger partial charge in [0, 0.05) is 41.1 Å². The smallest absolute Gasteiger partial charge is 0.266 e. The van der Waals surface area contributed by atoms with Crippen LogP contribution in [-0.4, -0.2) is 29.1 Å². The molecule has 144 valence electrons. The van der Waals surface area contributed by atoms with Crippen LogP contribution in [0.15, 0.2) is 53.7 Å². The maximum atomic E-state index is 13.2. The minimum atomic E-state index is -0.110. The molecule has 4 aromatic heterocycles. The highest BCUT2D eigenvalue weighted by atomic mass is 16.1. The Morgan fingerprint density at radius 2 is 1.97 bits per heavy atom. The summed E-state index contributed by atoms with van der Waals surface area (Å²) in [6, 6.07) is 9.84. The Labute approximate surface area is 166 Å². The summed E-state index contributed by atoms with van der Waals surface area (Å²) in [7, 11) is 0. The third-order valence-corrected chi connectivity index (χ3v) is 6.04. The van der Waals surface area contributed by atoms with Crippen molar-refractivity contribution in [2.45, 2.75) is 38.0 Å². The van der Waals surface area contributed by atoms with Gasteiger partial charge in [0.1, 0.15) is 0 Å². The van der Waals surface area contributed by atoms with Gasteiger partial charge in [-0.3, -0.25) is 9.36 Å². The first-order chi connectivity index (χ1) is 14.3. The number of H-pyrrole nitrogens is 1. The van der Waals surface area contributed by atoms with Gasteiger partial charge >= 0.3 is 0 Å². The predicted octanol–water partition coefficient (Wildman–Crippen LogP) is 3.96. The molecule has 7 nitrogen and oxygen atoms in total. The molecule has 0 bridgehead atoms. The lowest BCUT2D eigenvalue weighted by Gasteiger charge is -2.17. The number of fused-ring (bicyclic) bond motifs is 4. The predicted molar refractivity (Wildman–Crippen MR) is 112 cm³/mol. The highest BCUT2D eigenvalue weighted by molar-refractivity contribution is 5.82. The summed E-state index contributed by atoms with van der Waals surface area (Å²) in [6.07, 6.45) is 11.3. The van der Waals surface area contributed by atoms with Gasteiger partial charge in [-0.1, -0.05) is 19.3 Å². The molecule has 7 heteroatoms. The van der Waals surface area contributed by atoms with E-state index in [1.54, 1.807) is 21.5 Å². The van der Waals surface area contributed by atoms with E-state index in [4.69, 9.17) is 5.10 Å². The molecular weight excluding hydrogens is 364 g/mol. The summed E-state index contributed by atoms with van der Waals surface area (Å²) < 4.78 is 3.38. The van der Waals surface area contributed by atoms with Crippen LogP contribution in [0.3, 0.4) is 0 Å². The number of aromatic nitrogens is 6. The lowest BCUT2D eigenvalue weighted by Crippen LogP contribution is -2.18. The molecule has 4 heterocycles. The maximum Gasteiger partial charge on any atom is 0.266 e. The number of aromatic amines is 1. The number of nitrogens with zero attached hydrogens (tertiary/aromatic N) is 5. The quantitative estimate of drug-likeness (QED) is 0.500. The Morgan fingerprint density at radius 1 is 1.07 bits per heavy atom. The molecule has 5 aromatic rings. The first-order valence-corrected chi connectivity index (χ1v) is 10.1. The molecule has 0 radical (unpaired) electrons. The molecule has 0 amide bonds. The van der Waals surface area contributed by atoms with Crippen LogP contribution in [0.1, 0.15) is 43.8 Å². The van der Waals surface area contributed by atoms with Gasteiger partial charge in [0.25, 0.3) is 11.3 Å². The Morgan fingerprint density at radius 3 is 2.86 bits per heavy atom. The summed E-state index contributed by atoms with van der Waals surface area (Å²) >= 11 is 0. The Bertz CT molecular complexity index is 1420. The standard InChI is InChI=1S/C22H20N6O/c29-21-17-13-24-22-25-20(14-4-2-1-3-5-14)26-28(22)19(17)9-11-27(21)16-6-7-18-15(12-16)8-10-23-18/h6-14,23H,1-5H2. The molecular formula is C22H20N6O. The first kappa shape index (κ1) is 16.5. The second kappa shape index (κ2) is 6.27. The van der Waals surface area contributed by atoms with Gasteiger partial charge in [-0.25, -0.2) is 4.98 Å². The van der Waals surface area contributed by atoms with Crippen LogP contribution >= 0.6 is 0 Å². The molecule has 1 aliphatic rings. The summed E-state index contributed by atoms with van der Waals surface area (Å²) in [6.45, 7) is 0. The van der Waals surface area contributed by atoms with E-state index in [9.17, 15) is 4.79 Å². The van der Waals surface area contributed by atoms with Crippen molar-refractivity contribution in [2.75, 3.05) is 0 Å². The molecule has 0 aliphatic heterocycles. The van der Waals surface area contributed by atoms with E-state index < -0.39 is 0 Å². The Balaban J connectivity index is 1.50. The van der Waals surface area contributed by atoms with Crippen molar-refractivity contribution in [3.63, 3.8) is 0 Å². The molecule has 0 atom stereocenters. The van der Waals surface area contributed by atoms with Gasteiger partial charge in [0.2, 0.25) is 0 Å². The number of pyridine rings is 1. The highest BCUT2D eigenvalue weighted by Crippen LogP contribution is 2.31. The molecule has 1 aromatic carbocycles. The zero-order chi connectivity index (χ0) is 19.4. The van der Waals surface area contributed by atoms with E-state index >= 15 is 0 Å². The van der Waals surface area contributed by atoms with Crippen LogP contribution in [-0.2, 0) is 0 Å². The van der Waals surface area contributed by atoms with Crippen molar-refractivity contribution in [2.24, 2.45) is 0 Å². The van der Waals surface area contributed by atoms with Crippen LogP contribution in [0.5, 0.6) is 0 Å². The Kier molecular flexibility index (Phi) is 3.56. The molecule has 0 saturated heterocycles. The average molecular weight is 384 g/mol. The summed E-state index contributed by atoms with van der Waals surface area (Å²) in [5, 5.41) is 6.34. The number of hydrogen-bond donors (Lipinski definition) is 1. The molecule has 0 unspecified atom stereocenters. The van der Waals surface area contributed by atoms with Crippen molar-refractivity contribution >= 4 is 27.6 Å². The van der Waals surface area contributed by atoms with Crippen molar-refractivity contribution in [1.29, 1.82) is 0 Å². The molecule has 1 N–H and O–H groups in total. The van der Waals surface area contributed by atoms with Crippen LogP contribution in [0.2, 0.25) is 0 Å². The summed E-state index contributed by atoms with van der Waals surface area (Å²) in [4.78, 5) is 25.5. The van der Waals surface area contributed by atoms with Crippen molar-refractivity contribution in [3.05, 3.63) is 65.1 Å². The molecule has 0 spiro atoms. The third kappa shape index (κ3) is 2.57. The van der Waals surface area contributed by atoms with Gasteiger partial charge in [0.15, 0.2) is 5.82 Å². The highest BCUT2D eigenvalue weighted by Gasteiger charge is 2.21. The maximum absolute atomic E-state index is 13.2. The van der Waals surface area contributed by atoms with E-state index in [0.29, 0.717) is 17.1 Å². The largest absolute Gasteiger partial charge is 0.361 e. The van der Waals surface area contributed by atoms with Crippen LogP contribution in [0.25, 0.3) is 33.3 Å². The van der Waals surface area contributed by atoms with Crippen LogP contribution in [0, 0.1) is 0 Å². The first-order valence-electron chi connectivity index (χ1n) is 10.1. The minimum Gasteiger partial charge on any atom is -0.361 e. The van der Waals surface area contributed by atoms with E-state index in [2.05, 4.69) is 15.0 Å². The number of hydrogen-bond acceptors (Lipinski definition) is 4. The third-order valence-electron chi connectivity index (χ3n) is 6.04. The Hall–Kier alpha value is -3.48. The van der Waals surface area contributed by atoms with Gasteiger partial charge in [0.05, 0.1) is 10.9 Å². The SMILES string of the molecule is O=c1c2cnc3nc(C4CCCCC4)nn3c2ccn1-c1ccc2[nH]ccc2c1. The topological polar surface area (TPSA) is 80.9 Å². The fourth-order valence-corrected chi connectivity index (χ4v) is 4.46. The second-order valence-corrected chi connectivity index (χ2v) is 7.81. The summed E-state index contributed by atoms with van der Waals surface area (Å²) in [5.41, 5.74) is 2.50. The zero-order valence-corrected chi connectivity index (χ0v) is 15.9. The van der Waals surface area contributed by atoms with Crippen molar-refractivity contribution in [1.82, 2.24) is 29.1 Å². The van der Waals surface area contributed by atoms with Gasteiger partial charge in [-0.15, -0.1) is 5.10 Å². The van der Waals surface area contributed by atoms with Crippen molar-refractivity contribution < 1.29 is 0 Å². The van der Waals surface area contributed by atoms with E-state index in [-0.39, 0.29) is 5.56 Å². The van der Waals surface area contributed by atoms with Gasteiger partial charge in [-0.05, 0) is 43.2 Å². The molecule has 29 heavy (non-hydrogen) atoms. The van der Waals surface area contributed by atoms with Crippen LogP contribution < -0.4 is 5.56 Å². The zero-order valence-electron chi connectivity index (χ0n) is 15.9. The number of nitrogens with one attached hydrogen (secondary N) is 1. The van der Waals surface area contributed by atoms with E-state index in [1.165, 1.54) is 19.3 Å². The molecule has 1 saturated carbocycles. The minimum absolute atomic E-state index is 0.110. The van der Waals surface area contributed by atoms with E-state index in [0.717, 1.165) is 40.8 Å². The fraction of sp³-hybridized carbons (Fsp3) is 0.273. The number of benzene rings is 1. The summed E-state index contributed by atoms with van der Waals surface area (Å²) in [5.74, 6) is 1.81. The lowest BCUT2D eigenvalue weighted by molar-refractivity contribution is 0.429. The lowest BCUT2D eigenvalue weighted by atomic mass is 9.89. The normalized spacial score (nSPS) is 15.6. The van der Waals surface area contributed by atoms with E-state index in [1.807, 2.05) is 36.5 Å². The number of rotatable bonds is 2. The van der Waals surface area contributed by atoms with Gasteiger partial charge in [-0.2, -0.15) is 9.50 Å².